The fraction of sp³-hybridized carbons (Fsp3) is 0.667. The second kappa shape index (κ2) is 6.80. The van der Waals surface area contributed by atoms with Crippen LogP contribution in [0.25, 0.3) is 0 Å². The maximum absolute atomic E-state index is 3.70. The number of nitrogens with zero attached hydrogens (tertiary/aromatic N) is 2. The maximum atomic E-state index is 3.70. The SMILES string of the molecule is CN(C)c1ccc(CN2CCCC(C3CCCN3)C2)cc1. The first-order valence-corrected chi connectivity index (χ1v) is 8.44. The summed E-state index contributed by atoms with van der Waals surface area (Å²) < 4.78 is 0. The number of likely N-dealkylation sites (tertiary alicyclic amines) is 1. The topological polar surface area (TPSA) is 18.5 Å². The zero-order valence-electron chi connectivity index (χ0n) is 13.5. The van der Waals surface area contributed by atoms with Gasteiger partial charge < -0.3 is 10.2 Å². The molecule has 3 rings (SSSR count). The largest absolute Gasteiger partial charge is 0.378 e. The van der Waals surface area contributed by atoms with Crippen molar-refractivity contribution in [2.24, 2.45) is 5.92 Å². The first-order chi connectivity index (χ1) is 10.2. The molecule has 2 saturated heterocycles. The van der Waals surface area contributed by atoms with Gasteiger partial charge in [0.2, 0.25) is 0 Å². The third kappa shape index (κ3) is 3.78. The van der Waals surface area contributed by atoms with Gasteiger partial charge in [0.25, 0.3) is 0 Å². The normalized spacial score (nSPS) is 27.0. The van der Waals surface area contributed by atoms with Crippen LogP contribution in [0.5, 0.6) is 0 Å². The van der Waals surface area contributed by atoms with E-state index < -0.39 is 0 Å². The Morgan fingerprint density at radius 2 is 1.95 bits per heavy atom. The molecule has 2 aliphatic rings. The second-order valence-electron chi connectivity index (χ2n) is 6.90. The van der Waals surface area contributed by atoms with E-state index in [2.05, 4.69) is 53.5 Å². The highest BCUT2D eigenvalue weighted by atomic mass is 15.1. The lowest BCUT2D eigenvalue weighted by molar-refractivity contribution is 0.145. The Labute approximate surface area is 129 Å². The molecule has 3 heteroatoms. The van der Waals surface area contributed by atoms with E-state index in [1.165, 1.54) is 56.6 Å². The standard InChI is InChI=1S/C18H29N3/c1-20(2)17-9-7-15(8-10-17)13-21-12-4-5-16(14-21)18-6-3-11-19-18/h7-10,16,18-19H,3-6,11-14H2,1-2H3. The average molecular weight is 287 g/mol. The molecule has 2 heterocycles. The van der Waals surface area contributed by atoms with Crippen molar-refractivity contribution in [1.29, 1.82) is 0 Å². The van der Waals surface area contributed by atoms with Gasteiger partial charge in [0.05, 0.1) is 0 Å². The van der Waals surface area contributed by atoms with Crippen molar-refractivity contribution in [2.45, 2.75) is 38.3 Å². The van der Waals surface area contributed by atoms with Crippen molar-refractivity contribution in [3.63, 3.8) is 0 Å². The molecule has 2 fully saturated rings. The van der Waals surface area contributed by atoms with Crippen LogP contribution in [0.1, 0.15) is 31.2 Å². The van der Waals surface area contributed by atoms with E-state index in [0.717, 1.165) is 18.5 Å². The number of piperidine rings is 1. The summed E-state index contributed by atoms with van der Waals surface area (Å²) in [5, 5.41) is 3.70. The second-order valence-corrected chi connectivity index (χ2v) is 6.90. The van der Waals surface area contributed by atoms with Crippen molar-refractivity contribution in [1.82, 2.24) is 10.2 Å². The van der Waals surface area contributed by atoms with E-state index in [9.17, 15) is 0 Å². The Kier molecular flexibility index (Phi) is 4.81. The van der Waals surface area contributed by atoms with Gasteiger partial charge in [-0.15, -0.1) is 0 Å². The third-order valence-electron chi connectivity index (χ3n) is 5.07. The number of hydrogen-bond acceptors (Lipinski definition) is 3. The van der Waals surface area contributed by atoms with Gasteiger partial charge in [0.1, 0.15) is 0 Å². The molecule has 0 bridgehead atoms. The van der Waals surface area contributed by atoms with Crippen LogP contribution in [0.2, 0.25) is 0 Å². The number of anilines is 1. The van der Waals surface area contributed by atoms with E-state index in [1.54, 1.807) is 0 Å². The van der Waals surface area contributed by atoms with E-state index in [4.69, 9.17) is 0 Å². The minimum Gasteiger partial charge on any atom is -0.378 e. The van der Waals surface area contributed by atoms with Gasteiger partial charge >= 0.3 is 0 Å². The highest BCUT2D eigenvalue weighted by Gasteiger charge is 2.28. The highest BCUT2D eigenvalue weighted by Crippen LogP contribution is 2.26. The van der Waals surface area contributed by atoms with Crippen LogP contribution in [0.15, 0.2) is 24.3 Å². The fourth-order valence-corrected chi connectivity index (χ4v) is 3.83. The Morgan fingerprint density at radius 1 is 1.14 bits per heavy atom. The van der Waals surface area contributed by atoms with Gasteiger partial charge in [-0.05, 0) is 62.4 Å². The number of hydrogen-bond donors (Lipinski definition) is 1. The highest BCUT2D eigenvalue weighted by molar-refractivity contribution is 5.45. The lowest BCUT2D eigenvalue weighted by Gasteiger charge is -2.36. The first-order valence-electron chi connectivity index (χ1n) is 8.44. The van der Waals surface area contributed by atoms with Crippen molar-refractivity contribution < 1.29 is 0 Å². The summed E-state index contributed by atoms with van der Waals surface area (Å²) in [6.07, 6.45) is 5.52. The molecule has 3 nitrogen and oxygen atoms in total. The molecule has 1 aromatic rings. The van der Waals surface area contributed by atoms with Crippen LogP contribution < -0.4 is 10.2 Å². The van der Waals surface area contributed by atoms with Gasteiger partial charge in [0, 0.05) is 38.9 Å². The van der Waals surface area contributed by atoms with Gasteiger partial charge in [-0.3, -0.25) is 4.90 Å². The average Bonchev–Trinajstić information content (AvgIpc) is 3.02. The molecule has 1 N–H and O–H groups in total. The Morgan fingerprint density at radius 3 is 2.62 bits per heavy atom. The summed E-state index contributed by atoms with van der Waals surface area (Å²) in [4.78, 5) is 4.81. The monoisotopic (exact) mass is 287 g/mol. The molecule has 0 aliphatic carbocycles. The van der Waals surface area contributed by atoms with E-state index >= 15 is 0 Å². The molecule has 0 radical (unpaired) electrons. The molecule has 2 unspecified atom stereocenters. The first kappa shape index (κ1) is 14.9. The summed E-state index contributed by atoms with van der Waals surface area (Å²) in [5.41, 5.74) is 2.73. The van der Waals surface area contributed by atoms with Crippen molar-refractivity contribution in [2.75, 3.05) is 38.6 Å². The Balaban J connectivity index is 1.56. The summed E-state index contributed by atoms with van der Waals surface area (Å²) in [7, 11) is 4.19. The smallest absolute Gasteiger partial charge is 0.0361 e. The Bertz CT molecular complexity index is 434. The molecule has 0 spiro atoms. The minimum atomic E-state index is 0.781. The van der Waals surface area contributed by atoms with Crippen molar-refractivity contribution in [3.8, 4) is 0 Å². The van der Waals surface area contributed by atoms with Gasteiger partial charge in [0.15, 0.2) is 0 Å². The molecule has 2 atom stereocenters. The quantitative estimate of drug-likeness (QED) is 0.918. The molecule has 21 heavy (non-hydrogen) atoms. The number of benzene rings is 1. The van der Waals surface area contributed by atoms with Crippen LogP contribution in [0.4, 0.5) is 5.69 Å². The molecule has 2 aliphatic heterocycles. The van der Waals surface area contributed by atoms with Crippen LogP contribution in [-0.4, -0.2) is 44.7 Å². The van der Waals surface area contributed by atoms with E-state index in [0.29, 0.717) is 0 Å². The molecule has 116 valence electrons. The molecule has 1 aromatic carbocycles. The minimum absolute atomic E-state index is 0.781. The predicted molar refractivity (Wildman–Crippen MR) is 89.8 cm³/mol. The van der Waals surface area contributed by atoms with E-state index in [-0.39, 0.29) is 0 Å². The summed E-state index contributed by atoms with van der Waals surface area (Å²) in [5.74, 6) is 0.863. The van der Waals surface area contributed by atoms with Crippen molar-refractivity contribution >= 4 is 5.69 Å². The van der Waals surface area contributed by atoms with Crippen LogP contribution >= 0.6 is 0 Å². The fourth-order valence-electron chi connectivity index (χ4n) is 3.83. The Hall–Kier alpha value is -1.06. The van der Waals surface area contributed by atoms with Crippen LogP contribution in [0.3, 0.4) is 0 Å². The van der Waals surface area contributed by atoms with Crippen molar-refractivity contribution in [3.05, 3.63) is 29.8 Å². The van der Waals surface area contributed by atoms with Gasteiger partial charge in [-0.1, -0.05) is 12.1 Å². The third-order valence-corrected chi connectivity index (χ3v) is 5.07. The zero-order chi connectivity index (χ0) is 14.7. The lowest BCUT2D eigenvalue weighted by Crippen LogP contribution is -2.43. The zero-order valence-corrected chi connectivity index (χ0v) is 13.5. The molecular formula is C18H29N3. The van der Waals surface area contributed by atoms with Gasteiger partial charge in [-0.25, -0.2) is 0 Å². The predicted octanol–water partition coefficient (Wildman–Crippen LogP) is 2.72. The number of nitrogens with one attached hydrogen (secondary N) is 1. The summed E-state index contributed by atoms with van der Waals surface area (Å²) in [6.45, 7) is 4.87. The summed E-state index contributed by atoms with van der Waals surface area (Å²) >= 11 is 0. The molecule has 0 saturated carbocycles. The van der Waals surface area contributed by atoms with Gasteiger partial charge in [-0.2, -0.15) is 0 Å². The molecule has 0 amide bonds. The summed E-state index contributed by atoms with van der Waals surface area (Å²) in [6, 6.07) is 9.81. The van der Waals surface area contributed by atoms with E-state index in [1.807, 2.05) is 0 Å². The van der Waals surface area contributed by atoms with Crippen LogP contribution in [0, 0.1) is 5.92 Å². The lowest BCUT2D eigenvalue weighted by atomic mass is 9.89. The molecular weight excluding hydrogens is 258 g/mol. The maximum Gasteiger partial charge on any atom is 0.0361 e. The molecule has 0 aromatic heterocycles. The number of rotatable bonds is 4. The van der Waals surface area contributed by atoms with Crippen LogP contribution in [-0.2, 0) is 6.54 Å².